The first-order valence-corrected chi connectivity index (χ1v) is 7.22. The Morgan fingerprint density at radius 3 is 1.89 bits per heavy atom. The normalized spacial score (nSPS) is 14.8. The molecule has 0 saturated carbocycles. The molecule has 88 valence electrons. The second-order valence-corrected chi connectivity index (χ2v) is 6.10. The van der Waals surface area contributed by atoms with Gasteiger partial charge in [0.25, 0.3) is 0 Å². The summed E-state index contributed by atoms with van der Waals surface area (Å²) in [5.74, 6) is 0. The van der Waals surface area contributed by atoms with E-state index in [-0.39, 0.29) is 5.12 Å². The smallest absolute Gasteiger partial charge is 0.235 e. The molecule has 0 atom stereocenters. The lowest BCUT2D eigenvalue weighted by Gasteiger charge is -1.98. The van der Waals surface area contributed by atoms with Crippen molar-refractivity contribution in [2.45, 2.75) is 0 Å². The van der Waals surface area contributed by atoms with Crippen LogP contribution >= 0.6 is 22.7 Å². The van der Waals surface area contributed by atoms with Gasteiger partial charge in [-0.05, 0) is 22.9 Å². The summed E-state index contributed by atoms with van der Waals surface area (Å²) in [5, 5.41) is 0.144. The predicted octanol–water partition coefficient (Wildman–Crippen LogP) is 3.39. The lowest BCUT2D eigenvalue weighted by atomic mass is 10.2. The molecule has 1 aliphatic heterocycles. The van der Waals surface area contributed by atoms with E-state index in [0.717, 1.165) is 20.2 Å². The Morgan fingerprint density at radius 2 is 1.28 bits per heavy atom. The molecule has 1 heterocycles. The van der Waals surface area contributed by atoms with Gasteiger partial charge >= 0.3 is 0 Å². The molecule has 0 spiro atoms. The maximum absolute atomic E-state index is 12.0. The van der Waals surface area contributed by atoms with Crippen molar-refractivity contribution in [2.75, 3.05) is 0 Å². The molecule has 1 nitrogen and oxygen atoms in total. The van der Waals surface area contributed by atoms with E-state index in [0.29, 0.717) is 0 Å². The molecule has 2 aromatic carbocycles. The summed E-state index contributed by atoms with van der Waals surface area (Å²) in [6.07, 6.45) is 0. The largest absolute Gasteiger partial charge is 0.280 e. The van der Waals surface area contributed by atoms with Crippen molar-refractivity contribution in [1.29, 1.82) is 0 Å². The van der Waals surface area contributed by atoms with Crippen LogP contribution in [0.15, 0.2) is 60.7 Å². The van der Waals surface area contributed by atoms with E-state index >= 15 is 0 Å². The third kappa shape index (κ3) is 2.19. The molecule has 3 heteroatoms. The number of thioether (sulfide) groups is 1. The minimum absolute atomic E-state index is 0.144. The fraction of sp³-hybridized carbons (Fsp3) is 0. The van der Waals surface area contributed by atoms with Gasteiger partial charge in [-0.15, -0.1) is 10.9 Å². The average Bonchev–Trinajstić information content (AvgIpc) is 2.83. The van der Waals surface area contributed by atoms with E-state index in [4.69, 9.17) is 0 Å². The second kappa shape index (κ2) is 4.96. The molecule has 0 bridgehead atoms. The first-order valence-electron chi connectivity index (χ1n) is 5.59. The number of hydrogen-bond donors (Lipinski definition) is 0. The molecule has 0 aliphatic carbocycles. The van der Waals surface area contributed by atoms with Crippen LogP contribution in [-0.4, -0.2) is 14.2 Å². The summed E-state index contributed by atoms with van der Waals surface area (Å²) < 4.78 is 1.07. The molecule has 0 aromatic heterocycles. The molecule has 0 unspecified atom stereocenters. The topological polar surface area (TPSA) is 17.1 Å². The average molecular weight is 270 g/mol. The number of hydrogen-bond acceptors (Lipinski definition) is 2. The molecule has 2 aromatic rings. The Morgan fingerprint density at radius 1 is 0.722 bits per heavy atom. The summed E-state index contributed by atoms with van der Waals surface area (Å²) in [4.78, 5) is 12.9. The summed E-state index contributed by atoms with van der Waals surface area (Å²) in [6, 6.07) is 19.9. The molecule has 1 aliphatic rings. The van der Waals surface area contributed by atoms with Gasteiger partial charge in [-0.3, -0.25) is 4.79 Å². The van der Waals surface area contributed by atoms with Crippen LogP contribution in [0.4, 0.5) is 0 Å². The van der Waals surface area contributed by atoms with E-state index in [1.165, 1.54) is 11.8 Å². The molecule has 0 saturated heterocycles. The van der Waals surface area contributed by atoms with Crippen molar-refractivity contribution < 1.29 is 4.79 Å². The van der Waals surface area contributed by atoms with E-state index in [9.17, 15) is 4.79 Å². The minimum atomic E-state index is 0.144. The van der Waals surface area contributed by atoms with E-state index in [1.807, 2.05) is 60.7 Å². The quantitative estimate of drug-likeness (QED) is 0.778. The predicted molar refractivity (Wildman–Crippen MR) is 81.3 cm³/mol. The van der Waals surface area contributed by atoms with Crippen molar-refractivity contribution >= 4 is 36.9 Å². The van der Waals surface area contributed by atoms with Gasteiger partial charge in [0.15, 0.2) is 0 Å². The van der Waals surface area contributed by atoms with Crippen LogP contribution in [0.25, 0.3) is 0 Å². The molecule has 3 rings (SSSR count). The van der Waals surface area contributed by atoms with Crippen molar-refractivity contribution in [2.24, 2.45) is 0 Å². The van der Waals surface area contributed by atoms with Gasteiger partial charge in [-0.1, -0.05) is 60.7 Å². The van der Waals surface area contributed by atoms with Gasteiger partial charge in [-0.2, -0.15) is 0 Å². The second-order valence-electron chi connectivity index (χ2n) is 3.84. The van der Waals surface area contributed by atoms with Crippen molar-refractivity contribution in [3.8, 4) is 0 Å². The van der Waals surface area contributed by atoms with Crippen LogP contribution in [-0.2, 0) is 4.79 Å². The van der Waals surface area contributed by atoms with Gasteiger partial charge in [0, 0.05) is 0 Å². The SMILES string of the molecule is O=C1SC(c2ccccc2)=S=C1c1ccccc1. The zero-order valence-electron chi connectivity index (χ0n) is 9.50. The number of carbonyl (C=O) groups excluding carboxylic acids is 1. The van der Waals surface area contributed by atoms with Crippen molar-refractivity contribution in [3.05, 3.63) is 71.8 Å². The Hall–Kier alpha value is -1.58. The van der Waals surface area contributed by atoms with Crippen molar-refractivity contribution in [3.63, 3.8) is 0 Å². The zero-order valence-corrected chi connectivity index (χ0v) is 11.1. The van der Waals surface area contributed by atoms with Crippen LogP contribution in [0.5, 0.6) is 0 Å². The van der Waals surface area contributed by atoms with Crippen LogP contribution in [0.2, 0.25) is 0 Å². The Bertz CT molecular complexity index is 653. The Balaban J connectivity index is 2.09. The molecule has 18 heavy (non-hydrogen) atoms. The number of carbonyl (C=O) groups is 1. The summed E-state index contributed by atoms with van der Waals surface area (Å²) in [6.45, 7) is 0. The molecular weight excluding hydrogens is 260 g/mol. The highest BCUT2D eigenvalue weighted by atomic mass is 32.2. The first-order chi connectivity index (χ1) is 8.84. The maximum atomic E-state index is 12.0. The monoisotopic (exact) mass is 270 g/mol. The molecule has 0 radical (unpaired) electrons. The highest BCUT2D eigenvalue weighted by Gasteiger charge is 2.21. The van der Waals surface area contributed by atoms with Crippen LogP contribution < -0.4 is 0 Å². The van der Waals surface area contributed by atoms with E-state index in [1.54, 1.807) is 10.9 Å². The van der Waals surface area contributed by atoms with Gasteiger partial charge in [0.2, 0.25) is 5.12 Å². The van der Waals surface area contributed by atoms with Gasteiger partial charge in [0.1, 0.15) is 0 Å². The highest BCUT2D eigenvalue weighted by molar-refractivity contribution is 8.41. The molecule has 0 amide bonds. The summed E-state index contributed by atoms with van der Waals surface area (Å²) in [7, 11) is 1.57. The summed E-state index contributed by atoms with van der Waals surface area (Å²) in [5.41, 5.74) is 2.12. The van der Waals surface area contributed by atoms with Gasteiger partial charge in [-0.25, -0.2) is 0 Å². The Labute approximate surface area is 113 Å². The lowest BCUT2D eigenvalue weighted by molar-refractivity contribution is -0.105. The van der Waals surface area contributed by atoms with Crippen molar-refractivity contribution in [1.82, 2.24) is 0 Å². The summed E-state index contributed by atoms with van der Waals surface area (Å²) >= 11 is 1.33. The van der Waals surface area contributed by atoms with E-state index < -0.39 is 0 Å². The first kappa shape index (κ1) is 11.5. The van der Waals surface area contributed by atoms with E-state index in [2.05, 4.69) is 0 Å². The van der Waals surface area contributed by atoms with Crippen LogP contribution in [0, 0.1) is 0 Å². The number of benzene rings is 2. The molecule has 0 fully saturated rings. The van der Waals surface area contributed by atoms with Gasteiger partial charge in [0.05, 0.1) is 9.06 Å². The highest BCUT2D eigenvalue weighted by Crippen LogP contribution is 2.25. The van der Waals surface area contributed by atoms with Crippen LogP contribution in [0.3, 0.4) is 0 Å². The maximum Gasteiger partial charge on any atom is 0.235 e. The fourth-order valence-corrected chi connectivity index (χ4v) is 4.05. The standard InChI is InChI=1S/C15H10OS2/c16-14-13(11-7-3-1-4-8-11)17-15(18-14)12-9-5-2-6-10-12/h1-10H. The third-order valence-electron chi connectivity index (χ3n) is 2.61. The van der Waals surface area contributed by atoms with Crippen LogP contribution in [0.1, 0.15) is 11.1 Å². The Kier molecular flexibility index (Phi) is 3.17. The zero-order chi connectivity index (χ0) is 12.4. The minimum Gasteiger partial charge on any atom is -0.280 e. The fourth-order valence-electron chi connectivity index (χ4n) is 1.74. The number of rotatable bonds is 2. The molecular formula is C15H10OS2. The third-order valence-corrected chi connectivity index (χ3v) is 5.10. The lowest BCUT2D eigenvalue weighted by Crippen LogP contribution is -2.06. The molecule has 0 N–H and O–H groups in total. The van der Waals surface area contributed by atoms with Gasteiger partial charge < -0.3 is 0 Å².